The molecule has 8 heteroatoms. The lowest BCUT2D eigenvalue weighted by Gasteiger charge is -2.16. The summed E-state index contributed by atoms with van der Waals surface area (Å²) in [4.78, 5) is 16.0. The molecule has 0 radical (unpaired) electrons. The van der Waals surface area contributed by atoms with Crippen LogP contribution in [0.15, 0.2) is 215 Å². The fourth-order valence-corrected chi connectivity index (χ4v) is 13.4. The van der Waals surface area contributed by atoms with Crippen LogP contribution in [0.1, 0.15) is 0 Å². The summed E-state index contributed by atoms with van der Waals surface area (Å²) in [6.45, 7) is 0. The number of hydrogen-bond acceptors (Lipinski definition) is 7. The molecule has 71 heavy (non-hydrogen) atoms. The second-order valence-electron chi connectivity index (χ2n) is 18.2. The molecule has 0 aliphatic carbocycles. The molecule has 6 aromatic heterocycles. The van der Waals surface area contributed by atoms with Gasteiger partial charge in [0.1, 0.15) is 22.3 Å². The Hall–Kier alpha value is -8.95. The second-order valence-corrected chi connectivity index (χ2v) is 20.4. The van der Waals surface area contributed by atoms with Crippen LogP contribution in [0.2, 0.25) is 0 Å². The van der Waals surface area contributed by atoms with Crippen LogP contribution in [0.25, 0.3) is 157 Å². The van der Waals surface area contributed by atoms with E-state index >= 15 is 0 Å². The average Bonchev–Trinajstić information content (AvgIpc) is 4.25. The van der Waals surface area contributed by atoms with E-state index in [9.17, 15) is 0 Å². The Bertz CT molecular complexity index is 4730. The molecule has 10 aromatic carbocycles. The fraction of sp³-hybridized carbons (Fsp3) is 0. The topological polar surface area (TPSA) is 69.9 Å². The molecule has 330 valence electrons. The zero-order chi connectivity index (χ0) is 46.3. The molecule has 16 aromatic rings. The maximum absolute atomic E-state index is 6.76. The number of aromatic nitrogens is 4. The molecule has 0 N–H and O–H groups in total. The summed E-state index contributed by atoms with van der Waals surface area (Å²) in [5.74, 6) is 1.80. The van der Waals surface area contributed by atoms with Gasteiger partial charge in [-0.1, -0.05) is 133 Å². The smallest absolute Gasteiger partial charge is 0.164 e. The van der Waals surface area contributed by atoms with Crippen molar-refractivity contribution in [3.63, 3.8) is 0 Å². The summed E-state index contributed by atoms with van der Waals surface area (Å²) < 4.78 is 20.7. The van der Waals surface area contributed by atoms with Gasteiger partial charge in [0, 0.05) is 94.9 Å². The van der Waals surface area contributed by atoms with Crippen molar-refractivity contribution in [3.05, 3.63) is 206 Å². The first kappa shape index (κ1) is 39.0. The van der Waals surface area contributed by atoms with Crippen molar-refractivity contribution in [1.29, 1.82) is 0 Å². The first-order valence-corrected chi connectivity index (χ1v) is 25.3. The highest BCUT2D eigenvalue weighted by atomic mass is 32.1. The molecule has 6 heterocycles. The van der Waals surface area contributed by atoms with Gasteiger partial charge in [-0.2, -0.15) is 0 Å². The lowest BCUT2D eigenvalue weighted by Crippen LogP contribution is -2.00. The number of nitrogens with zero attached hydrogens (tertiary/aromatic N) is 4. The van der Waals surface area contributed by atoms with Gasteiger partial charge in [0.05, 0.1) is 16.7 Å². The van der Waals surface area contributed by atoms with Crippen LogP contribution in [0, 0.1) is 0 Å². The van der Waals surface area contributed by atoms with E-state index in [-0.39, 0.29) is 0 Å². The number of rotatable bonds is 5. The van der Waals surface area contributed by atoms with E-state index in [0.717, 1.165) is 88.4 Å². The van der Waals surface area contributed by atoms with Crippen molar-refractivity contribution in [2.75, 3.05) is 0 Å². The summed E-state index contributed by atoms with van der Waals surface area (Å²) in [6, 6.07) is 73.1. The Kier molecular flexibility index (Phi) is 8.11. The second kappa shape index (κ2) is 14.8. The van der Waals surface area contributed by atoms with Crippen molar-refractivity contribution in [2.24, 2.45) is 0 Å². The van der Waals surface area contributed by atoms with Crippen molar-refractivity contribution in [3.8, 4) is 51.0 Å². The predicted molar refractivity (Wildman–Crippen MR) is 296 cm³/mol. The van der Waals surface area contributed by atoms with Gasteiger partial charge in [0.2, 0.25) is 0 Å². The van der Waals surface area contributed by atoms with Crippen LogP contribution in [0.3, 0.4) is 0 Å². The van der Waals surface area contributed by atoms with E-state index in [1.807, 2.05) is 18.2 Å². The van der Waals surface area contributed by atoms with Crippen LogP contribution >= 0.6 is 22.7 Å². The number of para-hydroxylation sites is 3. The third-order valence-corrected chi connectivity index (χ3v) is 16.5. The standard InChI is InChI=1S/C63H34N4O2S2/c1-6-18-47-38(12-1)39-13-2-7-19-48(39)67(47)49-29-31-53-60(44-16-3-8-20-50(44)68-53)58(49)35-26-30-51-46(32-35)59-45(17-11-21-52(59)69-51)63-65-61(36-24-27-42-40-14-4-9-22-54(40)70-56(42)33-36)64-62(66-63)37-25-28-43-41-15-5-10-23-55(41)71-57(43)34-37/h1-34H. The predicted octanol–water partition coefficient (Wildman–Crippen LogP) is 18.2. The third-order valence-electron chi connectivity index (χ3n) is 14.3. The molecule has 6 nitrogen and oxygen atoms in total. The van der Waals surface area contributed by atoms with E-state index in [0.29, 0.717) is 17.5 Å². The van der Waals surface area contributed by atoms with E-state index in [1.165, 1.54) is 51.1 Å². The van der Waals surface area contributed by atoms with E-state index in [1.54, 1.807) is 22.7 Å². The minimum Gasteiger partial charge on any atom is -0.456 e. The molecule has 16 rings (SSSR count). The number of thiophene rings is 2. The van der Waals surface area contributed by atoms with Crippen molar-refractivity contribution in [1.82, 2.24) is 19.5 Å². The lowest BCUT2D eigenvalue weighted by molar-refractivity contribution is 0.669. The van der Waals surface area contributed by atoms with Crippen LogP contribution < -0.4 is 0 Å². The maximum atomic E-state index is 6.76. The van der Waals surface area contributed by atoms with Gasteiger partial charge in [-0.05, 0) is 78.4 Å². The monoisotopic (exact) mass is 942 g/mol. The molecule has 0 unspecified atom stereocenters. The summed E-state index contributed by atoms with van der Waals surface area (Å²) in [5.41, 5.74) is 11.4. The first-order chi connectivity index (χ1) is 35.2. The Morgan fingerprint density at radius 1 is 0.324 bits per heavy atom. The van der Waals surface area contributed by atoms with Gasteiger partial charge in [-0.15, -0.1) is 22.7 Å². The van der Waals surface area contributed by atoms with Gasteiger partial charge in [-0.25, -0.2) is 15.0 Å². The van der Waals surface area contributed by atoms with Gasteiger partial charge in [0.25, 0.3) is 0 Å². The van der Waals surface area contributed by atoms with E-state index in [4.69, 9.17) is 23.8 Å². The minimum atomic E-state index is 0.575. The van der Waals surface area contributed by atoms with Gasteiger partial charge >= 0.3 is 0 Å². The lowest BCUT2D eigenvalue weighted by atomic mass is 9.95. The average molecular weight is 943 g/mol. The molecule has 0 saturated carbocycles. The molecule has 0 fully saturated rings. The molecule has 0 aliphatic rings. The molecular weight excluding hydrogens is 909 g/mol. The largest absolute Gasteiger partial charge is 0.456 e. The van der Waals surface area contributed by atoms with Crippen LogP contribution in [-0.2, 0) is 0 Å². The Labute approximate surface area is 411 Å². The highest BCUT2D eigenvalue weighted by molar-refractivity contribution is 7.26. The minimum absolute atomic E-state index is 0.575. The van der Waals surface area contributed by atoms with E-state index in [2.05, 4.69) is 193 Å². The molecule has 0 amide bonds. The first-order valence-electron chi connectivity index (χ1n) is 23.7. The Balaban J connectivity index is 0.945. The molecule has 0 saturated heterocycles. The summed E-state index contributed by atoms with van der Waals surface area (Å²) in [6.07, 6.45) is 0. The quantitative estimate of drug-likeness (QED) is 0.172. The summed E-state index contributed by atoms with van der Waals surface area (Å²) in [5, 5.41) is 11.4. The van der Waals surface area contributed by atoms with Gasteiger partial charge in [0.15, 0.2) is 17.5 Å². The third kappa shape index (κ3) is 5.77. The summed E-state index contributed by atoms with van der Waals surface area (Å²) >= 11 is 3.58. The Morgan fingerprint density at radius 2 is 0.817 bits per heavy atom. The molecule has 0 spiro atoms. The number of hydrogen-bond donors (Lipinski definition) is 0. The van der Waals surface area contributed by atoms with Gasteiger partial charge in [-0.3, -0.25) is 0 Å². The Morgan fingerprint density at radius 3 is 1.48 bits per heavy atom. The van der Waals surface area contributed by atoms with Crippen molar-refractivity contribution in [2.45, 2.75) is 0 Å². The number of fused-ring (bicyclic) bond motifs is 15. The molecule has 0 bridgehead atoms. The highest BCUT2D eigenvalue weighted by Gasteiger charge is 2.24. The van der Waals surface area contributed by atoms with Gasteiger partial charge < -0.3 is 13.4 Å². The molecule has 0 aliphatic heterocycles. The maximum Gasteiger partial charge on any atom is 0.164 e. The fourth-order valence-electron chi connectivity index (χ4n) is 11.1. The zero-order valence-electron chi connectivity index (χ0n) is 37.6. The van der Waals surface area contributed by atoms with Crippen LogP contribution in [-0.4, -0.2) is 19.5 Å². The number of benzene rings is 10. The van der Waals surface area contributed by atoms with Crippen LogP contribution in [0.5, 0.6) is 0 Å². The van der Waals surface area contributed by atoms with Crippen molar-refractivity contribution < 1.29 is 8.83 Å². The highest BCUT2D eigenvalue weighted by Crippen LogP contribution is 2.46. The summed E-state index contributed by atoms with van der Waals surface area (Å²) in [7, 11) is 0. The van der Waals surface area contributed by atoms with E-state index < -0.39 is 0 Å². The normalized spacial score (nSPS) is 12.2. The molecule has 0 atom stereocenters. The zero-order valence-corrected chi connectivity index (χ0v) is 39.2. The number of furan rings is 2. The molecular formula is C63H34N4O2S2. The van der Waals surface area contributed by atoms with Crippen LogP contribution in [0.4, 0.5) is 0 Å². The van der Waals surface area contributed by atoms with Crippen molar-refractivity contribution >= 4 is 129 Å². The SMILES string of the molecule is c1ccc2c(c1)oc1ccc(-n3c4ccccc4c4ccccc43)c(-c3ccc4oc5cccc(-c6nc(-c7ccc8c(c7)sc7ccccc78)nc(-c7ccc8c(c7)sc7ccccc78)n6)c5c4c3)c12.